The van der Waals surface area contributed by atoms with Crippen LogP contribution < -0.4 is 5.32 Å². The molecule has 0 radical (unpaired) electrons. The molecule has 2 N–H and O–H groups in total. The first-order valence-electron chi connectivity index (χ1n) is 2.33. The smallest absolute Gasteiger partial charge is 0.139 e. The maximum absolute atomic E-state index is 12.0. The van der Waals surface area contributed by atoms with Gasteiger partial charge in [-0.15, -0.1) is 12.4 Å². The van der Waals surface area contributed by atoms with Gasteiger partial charge in [0.05, 0.1) is 6.10 Å². The molecule has 0 aromatic carbocycles. The minimum absolute atomic E-state index is 0. The SMILES string of the molecule is Cl.OC1CNC[C@@H]1F. The molecule has 0 bridgehead atoms. The Bertz CT molecular complexity index is 65.1. The predicted octanol–water partition coefficient (Wildman–Crippen LogP) is -0.290. The molecular weight excluding hydrogens is 133 g/mol. The number of hydrogen-bond donors (Lipinski definition) is 2. The molecule has 0 saturated carbocycles. The van der Waals surface area contributed by atoms with Gasteiger partial charge in [-0.2, -0.15) is 0 Å². The second-order valence-corrected chi connectivity index (χ2v) is 1.74. The highest BCUT2D eigenvalue weighted by Gasteiger charge is 2.23. The summed E-state index contributed by atoms with van der Waals surface area (Å²) in [4.78, 5) is 0. The highest BCUT2D eigenvalue weighted by molar-refractivity contribution is 5.85. The molecular formula is C4H9ClFNO. The zero-order valence-electron chi connectivity index (χ0n) is 4.30. The normalized spacial score (nSPS) is 36.8. The summed E-state index contributed by atoms with van der Waals surface area (Å²) in [5, 5.41) is 11.3. The number of rotatable bonds is 0. The summed E-state index contributed by atoms with van der Waals surface area (Å²) in [6, 6.07) is 0. The Hall–Kier alpha value is 0.140. The molecule has 8 heavy (non-hydrogen) atoms. The summed E-state index contributed by atoms with van der Waals surface area (Å²) >= 11 is 0. The number of β-amino-alcohol motifs (C(OH)–C–C–N with tert-alkyl or cyclic N) is 1. The second kappa shape index (κ2) is 3.22. The Labute approximate surface area is 53.5 Å². The van der Waals surface area contributed by atoms with Gasteiger partial charge < -0.3 is 10.4 Å². The number of halogens is 2. The van der Waals surface area contributed by atoms with Gasteiger partial charge in [0.15, 0.2) is 0 Å². The fourth-order valence-electron chi connectivity index (χ4n) is 0.633. The third-order valence-corrected chi connectivity index (χ3v) is 1.11. The summed E-state index contributed by atoms with van der Waals surface area (Å²) in [7, 11) is 0. The van der Waals surface area contributed by atoms with E-state index in [9.17, 15) is 4.39 Å². The van der Waals surface area contributed by atoms with E-state index in [1.165, 1.54) is 0 Å². The van der Waals surface area contributed by atoms with Crippen LogP contribution in [0.4, 0.5) is 4.39 Å². The number of aliphatic hydroxyl groups is 1. The van der Waals surface area contributed by atoms with E-state index in [1.54, 1.807) is 0 Å². The third kappa shape index (κ3) is 1.58. The molecule has 1 aliphatic heterocycles. The molecule has 1 unspecified atom stereocenters. The van der Waals surface area contributed by atoms with Crippen LogP contribution >= 0.6 is 12.4 Å². The first-order valence-corrected chi connectivity index (χ1v) is 2.33. The van der Waals surface area contributed by atoms with E-state index in [2.05, 4.69) is 5.32 Å². The fraction of sp³-hybridized carbons (Fsp3) is 1.00. The van der Waals surface area contributed by atoms with Gasteiger partial charge in [-0.05, 0) is 0 Å². The third-order valence-electron chi connectivity index (χ3n) is 1.11. The van der Waals surface area contributed by atoms with Crippen LogP contribution in [0.3, 0.4) is 0 Å². The highest BCUT2D eigenvalue weighted by atomic mass is 35.5. The highest BCUT2D eigenvalue weighted by Crippen LogP contribution is 2.01. The summed E-state index contributed by atoms with van der Waals surface area (Å²) in [6.45, 7) is 0.711. The molecule has 1 heterocycles. The minimum atomic E-state index is -1.04. The molecule has 2 nitrogen and oxygen atoms in total. The molecule has 0 aromatic rings. The van der Waals surface area contributed by atoms with Crippen molar-refractivity contribution in [3.63, 3.8) is 0 Å². The van der Waals surface area contributed by atoms with E-state index >= 15 is 0 Å². The van der Waals surface area contributed by atoms with Crippen molar-refractivity contribution in [1.29, 1.82) is 0 Å². The second-order valence-electron chi connectivity index (χ2n) is 1.74. The van der Waals surface area contributed by atoms with Gasteiger partial charge in [-0.3, -0.25) is 0 Å². The largest absolute Gasteiger partial charge is 0.389 e. The van der Waals surface area contributed by atoms with Crippen LogP contribution in [0.15, 0.2) is 0 Å². The number of aliphatic hydroxyl groups excluding tert-OH is 1. The van der Waals surface area contributed by atoms with Crippen molar-refractivity contribution in [2.24, 2.45) is 0 Å². The molecule has 0 amide bonds. The monoisotopic (exact) mass is 141 g/mol. The summed E-state index contributed by atoms with van der Waals surface area (Å²) < 4.78 is 12.0. The van der Waals surface area contributed by atoms with Gasteiger partial charge in [0.2, 0.25) is 0 Å². The van der Waals surface area contributed by atoms with E-state index in [1.807, 2.05) is 0 Å². The standard InChI is InChI=1S/C4H8FNO.ClH/c5-3-1-6-2-4(3)7;/h3-4,6-7H,1-2H2;1H/t3-,4?;/m0./s1. The lowest BCUT2D eigenvalue weighted by Crippen LogP contribution is -2.17. The van der Waals surface area contributed by atoms with Crippen molar-refractivity contribution < 1.29 is 9.50 Å². The molecule has 50 valence electrons. The Morgan fingerprint density at radius 1 is 1.50 bits per heavy atom. The quantitative estimate of drug-likeness (QED) is 0.486. The van der Waals surface area contributed by atoms with E-state index in [0.29, 0.717) is 13.1 Å². The van der Waals surface area contributed by atoms with E-state index in [-0.39, 0.29) is 12.4 Å². The lowest BCUT2D eigenvalue weighted by atomic mass is 10.3. The number of nitrogens with one attached hydrogen (secondary N) is 1. The van der Waals surface area contributed by atoms with Crippen molar-refractivity contribution >= 4 is 12.4 Å². The Kier molecular flexibility index (Phi) is 3.28. The molecule has 0 spiro atoms. The topological polar surface area (TPSA) is 32.3 Å². The van der Waals surface area contributed by atoms with Crippen molar-refractivity contribution in [1.82, 2.24) is 5.32 Å². The molecule has 1 saturated heterocycles. The molecule has 0 aliphatic carbocycles. The molecule has 1 rings (SSSR count). The fourth-order valence-corrected chi connectivity index (χ4v) is 0.633. The van der Waals surface area contributed by atoms with Crippen LogP contribution in [0.25, 0.3) is 0 Å². The average molecular weight is 142 g/mol. The van der Waals surface area contributed by atoms with Crippen molar-refractivity contribution in [2.45, 2.75) is 12.3 Å². The van der Waals surface area contributed by atoms with Gasteiger partial charge in [0.1, 0.15) is 6.17 Å². The lowest BCUT2D eigenvalue weighted by Gasteiger charge is -1.98. The summed E-state index contributed by atoms with van der Waals surface area (Å²) in [5.41, 5.74) is 0. The van der Waals surface area contributed by atoms with Gasteiger partial charge in [-0.25, -0.2) is 4.39 Å². The Morgan fingerprint density at radius 3 is 2.25 bits per heavy atom. The van der Waals surface area contributed by atoms with Crippen molar-refractivity contribution in [2.75, 3.05) is 13.1 Å². The molecule has 1 aliphatic rings. The summed E-state index contributed by atoms with van der Waals surface area (Å²) in [5.74, 6) is 0. The maximum atomic E-state index is 12.0. The van der Waals surface area contributed by atoms with Crippen LogP contribution in [-0.4, -0.2) is 30.5 Å². The number of hydrogen-bond acceptors (Lipinski definition) is 2. The van der Waals surface area contributed by atoms with Gasteiger partial charge in [0.25, 0.3) is 0 Å². The molecule has 4 heteroatoms. The van der Waals surface area contributed by atoms with E-state index in [4.69, 9.17) is 5.11 Å². The Morgan fingerprint density at radius 2 is 2.12 bits per heavy atom. The first kappa shape index (κ1) is 8.14. The van der Waals surface area contributed by atoms with Crippen LogP contribution in [0.5, 0.6) is 0 Å². The number of alkyl halides is 1. The van der Waals surface area contributed by atoms with E-state index < -0.39 is 12.3 Å². The van der Waals surface area contributed by atoms with Gasteiger partial charge in [-0.1, -0.05) is 0 Å². The zero-order chi connectivity index (χ0) is 5.28. The minimum Gasteiger partial charge on any atom is -0.389 e. The first-order chi connectivity index (χ1) is 3.30. The van der Waals surface area contributed by atoms with Crippen LogP contribution in [0.1, 0.15) is 0 Å². The average Bonchev–Trinajstić information content (AvgIpc) is 1.91. The van der Waals surface area contributed by atoms with Crippen molar-refractivity contribution in [3.05, 3.63) is 0 Å². The molecule has 1 fully saturated rings. The zero-order valence-corrected chi connectivity index (χ0v) is 5.12. The van der Waals surface area contributed by atoms with Crippen LogP contribution in [0.2, 0.25) is 0 Å². The van der Waals surface area contributed by atoms with Crippen molar-refractivity contribution in [3.8, 4) is 0 Å². The van der Waals surface area contributed by atoms with Crippen LogP contribution in [0, 0.1) is 0 Å². The Balaban J connectivity index is 0.000000490. The van der Waals surface area contributed by atoms with E-state index in [0.717, 1.165) is 0 Å². The summed E-state index contributed by atoms with van der Waals surface area (Å²) in [6.07, 6.45) is -1.81. The lowest BCUT2D eigenvalue weighted by molar-refractivity contribution is 0.118. The van der Waals surface area contributed by atoms with Crippen LogP contribution in [-0.2, 0) is 0 Å². The van der Waals surface area contributed by atoms with Gasteiger partial charge in [0, 0.05) is 13.1 Å². The predicted molar refractivity (Wildman–Crippen MR) is 31.0 cm³/mol. The molecule has 0 aromatic heterocycles. The van der Waals surface area contributed by atoms with Gasteiger partial charge >= 0.3 is 0 Å². The maximum Gasteiger partial charge on any atom is 0.139 e. The molecule has 2 atom stereocenters.